The number of ether oxygens (including phenoxy) is 1. The first-order chi connectivity index (χ1) is 18.3. The van der Waals surface area contributed by atoms with E-state index in [9.17, 15) is 9.18 Å². The second kappa shape index (κ2) is 11.0. The third-order valence-corrected chi connectivity index (χ3v) is 7.60. The zero-order valence-electron chi connectivity index (χ0n) is 21.5. The smallest absolute Gasteiger partial charge is 0.257 e. The van der Waals surface area contributed by atoms with Gasteiger partial charge in [0.2, 0.25) is 0 Å². The summed E-state index contributed by atoms with van der Waals surface area (Å²) in [7, 11) is 0. The van der Waals surface area contributed by atoms with Crippen molar-refractivity contribution < 1.29 is 13.9 Å². The summed E-state index contributed by atoms with van der Waals surface area (Å²) in [4.78, 5) is 30.6. The lowest BCUT2D eigenvalue weighted by Gasteiger charge is -2.19. The predicted octanol–water partition coefficient (Wildman–Crippen LogP) is 4.76. The first-order valence-corrected chi connectivity index (χ1v) is 13.2. The Labute approximate surface area is 226 Å². The number of hydrogen-bond acceptors (Lipinski definition) is 7. The summed E-state index contributed by atoms with van der Waals surface area (Å²) in [5.74, 6) is -0.573. The Bertz CT molecular complexity index is 1350. The Kier molecular flexibility index (Phi) is 7.56. The molecule has 5 rings (SSSR count). The van der Waals surface area contributed by atoms with Crippen LogP contribution in [0.15, 0.2) is 36.7 Å². The van der Waals surface area contributed by atoms with Crippen LogP contribution in [0.25, 0.3) is 0 Å². The van der Waals surface area contributed by atoms with Gasteiger partial charge in [-0.1, -0.05) is 11.6 Å². The molecular formula is C28H30ClFN6O2. The van der Waals surface area contributed by atoms with E-state index in [-0.39, 0.29) is 36.9 Å². The highest BCUT2D eigenvalue weighted by Gasteiger charge is 2.35. The van der Waals surface area contributed by atoms with E-state index in [0.29, 0.717) is 34.4 Å². The first kappa shape index (κ1) is 26.0. The Morgan fingerprint density at radius 1 is 1.16 bits per heavy atom. The number of aromatic nitrogens is 3. The van der Waals surface area contributed by atoms with Crippen molar-refractivity contribution in [3.63, 3.8) is 0 Å². The molecule has 2 aromatic heterocycles. The molecule has 2 saturated heterocycles. The number of carbonyl (C=O) groups excluding carboxylic acids is 1. The fraction of sp³-hybridized carbons (Fsp3) is 0.393. The molecule has 1 amide bonds. The van der Waals surface area contributed by atoms with Crippen LogP contribution >= 0.6 is 11.6 Å². The van der Waals surface area contributed by atoms with E-state index >= 15 is 0 Å². The lowest BCUT2D eigenvalue weighted by atomic mass is 10.1. The molecule has 4 heterocycles. The van der Waals surface area contributed by atoms with Crippen molar-refractivity contribution in [3.05, 3.63) is 75.8 Å². The molecule has 10 heteroatoms. The van der Waals surface area contributed by atoms with Crippen molar-refractivity contribution >= 4 is 28.9 Å². The highest BCUT2D eigenvalue weighted by atomic mass is 35.5. The van der Waals surface area contributed by atoms with Crippen LogP contribution in [0.5, 0.6) is 5.75 Å². The molecule has 1 N–H and O–H groups in total. The van der Waals surface area contributed by atoms with E-state index < -0.39 is 11.7 Å². The predicted molar refractivity (Wildman–Crippen MR) is 144 cm³/mol. The quantitative estimate of drug-likeness (QED) is 0.468. The third-order valence-electron chi connectivity index (χ3n) is 7.06. The van der Waals surface area contributed by atoms with Crippen LogP contribution in [0.1, 0.15) is 51.9 Å². The molecular weight excluding hydrogens is 507 g/mol. The monoisotopic (exact) mass is 536 g/mol. The number of hydrogen-bond donors (Lipinski definition) is 1. The number of rotatable bonds is 7. The molecule has 2 aliphatic rings. The van der Waals surface area contributed by atoms with E-state index in [0.717, 1.165) is 24.3 Å². The van der Waals surface area contributed by atoms with Gasteiger partial charge in [0, 0.05) is 44.0 Å². The molecule has 1 atom stereocenters. The molecule has 38 heavy (non-hydrogen) atoms. The van der Waals surface area contributed by atoms with Gasteiger partial charge in [-0.3, -0.25) is 9.78 Å². The van der Waals surface area contributed by atoms with Crippen LogP contribution in [0.4, 0.5) is 10.1 Å². The molecule has 2 fully saturated rings. The molecule has 0 spiro atoms. The molecule has 1 unspecified atom stereocenters. The minimum Gasteiger partial charge on any atom is -0.492 e. The summed E-state index contributed by atoms with van der Waals surface area (Å²) in [6.45, 7) is 6.32. The number of likely N-dealkylation sites (tertiary alicyclic amines) is 1. The maximum atomic E-state index is 14.1. The fourth-order valence-corrected chi connectivity index (χ4v) is 5.07. The number of anilines is 1. The van der Waals surface area contributed by atoms with Crippen LogP contribution in [-0.4, -0.2) is 64.3 Å². The largest absolute Gasteiger partial charge is 0.492 e. The van der Waals surface area contributed by atoms with Crippen molar-refractivity contribution in [2.24, 2.45) is 0 Å². The lowest BCUT2D eigenvalue weighted by Crippen LogP contribution is -2.29. The summed E-state index contributed by atoms with van der Waals surface area (Å²) in [6.07, 6.45) is 6.62. The number of carbonyl (C=O) groups is 1. The van der Waals surface area contributed by atoms with E-state index in [1.165, 1.54) is 31.0 Å². The molecule has 198 valence electrons. The molecule has 1 aromatic carbocycles. The molecule has 2 aliphatic heterocycles. The van der Waals surface area contributed by atoms with Crippen LogP contribution in [-0.2, 0) is 6.42 Å². The number of halogens is 2. The van der Waals surface area contributed by atoms with Crippen molar-refractivity contribution in [1.82, 2.24) is 19.9 Å². The number of aryl methyl sites for hydroxylation is 2. The summed E-state index contributed by atoms with van der Waals surface area (Å²) < 4.78 is 20.1. The Hall–Kier alpha value is -3.59. The zero-order valence-corrected chi connectivity index (χ0v) is 22.3. The van der Waals surface area contributed by atoms with Gasteiger partial charge in [0.1, 0.15) is 17.4 Å². The molecule has 8 nitrogen and oxygen atoms in total. The van der Waals surface area contributed by atoms with E-state index in [4.69, 9.17) is 21.7 Å². The Morgan fingerprint density at radius 2 is 1.89 bits per heavy atom. The van der Waals surface area contributed by atoms with Crippen LogP contribution < -0.4 is 9.64 Å². The van der Waals surface area contributed by atoms with Crippen LogP contribution in [0.2, 0.25) is 5.02 Å². The molecule has 0 bridgehead atoms. The number of amides is 1. The average molecular weight is 537 g/mol. The molecule has 0 radical (unpaired) electrons. The summed E-state index contributed by atoms with van der Waals surface area (Å²) in [5, 5.41) is 8.99. The minimum absolute atomic E-state index is 0.138. The molecule has 3 aromatic rings. The van der Waals surface area contributed by atoms with Crippen molar-refractivity contribution in [1.29, 1.82) is 5.41 Å². The summed E-state index contributed by atoms with van der Waals surface area (Å²) in [5.41, 5.74) is 4.00. The van der Waals surface area contributed by atoms with E-state index in [2.05, 4.69) is 25.9 Å². The van der Waals surface area contributed by atoms with Gasteiger partial charge in [-0.15, -0.1) is 0 Å². The van der Waals surface area contributed by atoms with E-state index in [1.807, 2.05) is 6.20 Å². The average Bonchev–Trinajstić information content (AvgIpc) is 3.57. The first-order valence-electron chi connectivity index (χ1n) is 12.8. The van der Waals surface area contributed by atoms with Gasteiger partial charge >= 0.3 is 0 Å². The normalized spacial score (nSPS) is 17.4. The Balaban J connectivity index is 1.27. The highest BCUT2D eigenvalue weighted by Crippen LogP contribution is 2.29. The van der Waals surface area contributed by atoms with Gasteiger partial charge in [-0.25, -0.2) is 14.4 Å². The third kappa shape index (κ3) is 5.48. The van der Waals surface area contributed by atoms with Crippen LogP contribution in [0.3, 0.4) is 0 Å². The highest BCUT2D eigenvalue weighted by molar-refractivity contribution is 6.31. The van der Waals surface area contributed by atoms with Gasteiger partial charge in [0.15, 0.2) is 0 Å². The maximum absolute atomic E-state index is 14.1. The maximum Gasteiger partial charge on any atom is 0.257 e. The second-order valence-corrected chi connectivity index (χ2v) is 10.2. The SMILES string of the molecule is Cc1nc(C2CN(C(=O)c3ccc(F)cc3OCCc3cncc(N4CCCC4)c3)CC2=N)nc(C)c1Cl. The lowest BCUT2D eigenvalue weighted by molar-refractivity contribution is 0.0790. The minimum atomic E-state index is -0.484. The standard InChI is InChI=1S/C28H30ClFN6O2/c1-17-26(29)18(2)34-27(33-17)23-15-36(16-24(23)31)28(37)22-6-5-20(30)12-25(22)38-10-7-19-11-21(14-32-13-19)35-8-3-4-9-35/h5-6,11-14,23,31H,3-4,7-10,15-16H2,1-2H3. The van der Waals surface area contributed by atoms with Gasteiger partial charge < -0.3 is 19.9 Å². The van der Waals surface area contributed by atoms with Crippen LogP contribution in [0, 0.1) is 25.1 Å². The Morgan fingerprint density at radius 3 is 2.63 bits per heavy atom. The summed E-state index contributed by atoms with van der Waals surface area (Å²) in [6, 6.07) is 6.03. The zero-order chi connectivity index (χ0) is 26.8. The van der Waals surface area contributed by atoms with Crippen molar-refractivity contribution in [2.75, 3.05) is 37.7 Å². The van der Waals surface area contributed by atoms with Crippen molar-refractivity contribution in [3.8, 4) is 5.75 Å². The molecule has 0 saturated carbocycles. The van der Waals surface area contributed by atoms with Gasteiger partial charge in [0.25, 0.3) is 5.91 Å². The van der Waals surface area contributed by atoms with Gasteiger partial charge in [-0.2, -0.15) is 0 Å². The van der Waals surface area contributed by atoms with Gasteiger partial charge in [-0.05, 0) is 50.5 Å². The summed E-state index contributed by atoms with van der Waals surface area (Å²) >= 11 is 6.21. The van der Waals surface area contributed by atoms with Crippen molar-refractivity contribution in [2.45, 2.75) is 39.0 Å². The molecule has 0 aliphatic carbocycles. The number of nitrogens with one attached hydrogen (secondary N) is 1. The second-order valence-electron chi connectivity index (χ2n) is 9.81. The fourth-order valence-electron chi connectivity index (χ4n) is 4.99. The number of nitrogens with zero attached hydrogens (tertiary/aromatic N) is 5. The van der Waals surface area contributed by atoms with Gasteiger partial charge in [0.05, 0.1) is 52.9 Å². The van der Waals surface area contributed by atoms with E-state index in [1.54, 1.807) is 24.9 Å². The number of benzene rings is 1. The topological polar surface area (TPSA) is 95.3 Å². The number of pyridine rings is 1.